The number of methoxy groups -OCH3 is 2. The first-order valence-corrected chi connectivity index (χ1v) is 5.78. The van der Waals surface area contributed by atoms with Crippen LogP contribution < -0.4 is 14.8 Å². The van der Waals surface area contributed by atoms with Crippen LogP contribution in [-0.4, -0.2) is 26.6 Å². The van der Waals surface area contributed by atoms with E-state index in [-0.39, 0.29) is 0 Å². The summed E-state index contributed by atoms with van der Waals surface area (Å²) in [6.07, 6.45) is 0.940. The Bertz CT molecular complexity index is 342. The van der Waals surface area contributed by atoms with E-state index in [2.05, 4.69) is 5.32 Å². The molecule has 1 N–H and O–H groups in total. The SMILES string of the molecule is COc1cc(C)c(NCCCCl)cc1OC. The monoisotopic (exact) mass is 243 g/mol. The first-order chi connectivity index (χ1) is 7.72. The van der Waals surface area contributed by atoms with Crippen molar-refractivity contribution < 1.29 is 9.47 Å². The van der Waals surface area contributed by atoms with Crippen molar-refractivity contribution in [2.24, 2.45) is 0 Å². The van der Waals surface area contributed by atoms with Crippen LogP contribution >= 0.6 is 11.6 Å². The van der Waals surface area contributed by atoms with Gasteiger partial charge in [0.15, 0.2) is 11.5 Å². The van der Waals surface area contributed by atoms with Gasteiger partial charge in [-0.25, -0.2) is 0 Å². The number of ether oxygens (including phenoxy) is 2. The Morgan fingerprint density at radius 2 is 1.81 bits per heavy atom. The fraction of sp³-hybridized carbons (Fsp3) is 0.500. The van der Waals surface area contributed by atoms with Crippen molar-refractivity contribution in [1.29, 1.82) is 0 Å². The lowest BCUT2D eigenvalue weighted by atomic mass is 10.1. The van der Waals surface area contributed by atoms with Crippen molar-refractivity contribution >= 4 is 17.3 Å². The van der Waals surface area contributed by atoms with Crippen LogP contribution in [0.15, 0.2) is 12.1 Å². The van der Waals surface area contributed by atoms with Gasteiger partial charge in [0.05, 0.1) is 14.2 Å². The van der Waals surface area contributed by atoms with Gasteiger partial charge in [-0.05, 0) is 25.0 Å². The molecule has 0 aromatic heterocycles. The lowest BCUT2D eigenvalue weighted by Crippen LogP contribution is -2.04. The van der Waals surface area contributed by atoms with E-state index in [0.29, 0.717) is 5.88 Å². The molecule has 0 saturated heterocycles. The molecule has 0 atom stereocenters. The number of rotatable bonds is 6. The van der Waals surface area contributed by atoms with Crippen molar-refractivity contribution in [3.8, 4) is 11.5 Å². The molecule has 0 fully saturated rings. The van der Waals surface area contributed by atoms with Gasteiger partial charge in [-0.15, -0.1) is 11.6 Å². The summed E-state index contributed by atoms with van der Waals surface area (Å²) in [5.41, 5.74) is 2.19. The van der Waals surface area contributed by atoms with Crippen molar-refractivity contribution in [2.75, 3.05) is 32.0 Å². The van der Waals surface area contributed by atoms with Gasteiger partial charge >= 0.3 is 0 Å². The molecule has 1 aromatic carbocycles. The molecule has 0 bridgehead atoms. The van der Waals surface area contributed by atoms with Crippen LogP contribution in [0.1, 0.15) is 12.0 Å². The Labute approximate surface area is 102 Å². The molecule has 4 heteroatoms. The molecule has 0 unspecified atom stereocenters. The Balaban J connectivity index is 2.84. The molecule has 0 heterocycles. The molecule has 90 valence electrons. The summed E-state index contributed by atoms with van der Waals surface area (Å²) in [5.74, 6) is 2.16. The molecule has 3 nitrogen and oxygen atoms in total. The van der Waals surface area contributed by atoms with E-state index in [9.17, 15) is 0 Å². The summed E-state index contributed by atoms with van der Waals surface area (Å²) in [5, 5.41) is 3.32. The second kappa shape index (κ2) is 6.48. The molecule has 0 spiro atoms. The minimum atomic E-state index is 0.666. The highest BCUT2D eigenvalue weighted by molar-refractivity contribution is 6.17. The van der Waals surface area contributed by atoms with Crippen LogP contribution in [0.2, 0.25) is 0 Å². The average Bonchev–Trinajstić information content (AvgIpc) is 2.31. The van der Waals surface area contributed by atoms with Gasteiger partial charge in [-0.3, -0.25) is 0 Å². The van der Waals surface area contributed by atoms with Crippen LogP contribution in [0, 0.1) is 6.92 Å². The van der Waals surface area contributed by atoms with Crippen molar-refractivity contribution in [2.45, 2.75) is 13.3 Å². The molecule has 0 aliphatic heterocycles. The maximum absolute atomic E-state index is 5.63. The predicted molar refractivity (Wildman–Crippen MR) is 68.1 cm³/mol. The minimum absolute atomic E-state index is 0.666. The predicted octanol–water partition coefficient (Wildman–Crippen LogP) is 3.05. The van der Waals surface area contributed by atoms with Gasteiger partial charge in [0.2, 0.25) is 0 Å². The van der Waals surface area contributed by atoms with Crippen molar-refractivity contribution in [3.63, 3.8) is 0 Å². The second-order valence-corrected chi connectivity index (χ2v) is 3.87. The number of alkyl halides is 1. The summed E-state index contributed by atoms with van der Waals surface area (Å²) in [6, 6.07) is 3.91. The molecule has 0 radical (unpaired) electrons. The number of halogens is 1. The topological polar surface area (TPSA) is 30.5 Å². The first-order valence-electron chi connectivity index (χ1n) is 5.25. The first kappa shape index (κ1) is 13.0. The van der Waals surface area contributed by atoms with Gasteiger partial charge in [0.25, 0.3) is 0 Å². The Morgan fingerprint density at radius 1 is 1.19 bits per heavy atom. The van der Waals surface area contributed by atoms with Gasteiger partial charge in [-0.1, -0.05) is 0 Å². The number of aryl methyl sites for hydroxylation is 1. The zero-order valence-electron chi connectivity index (χ0n) is 9.97. The van der Waals surface area contributed by atoms with E-state index in [1.807, 2.05) is 19.1 Å². The summed E-state index contributed by atoms with van der Waals surface area (Å²) in [4.78, 5) is 0. The summed E-state index contributed by atoms with van der Waals surface area (Å²) >= 11 is 5.63. The van der Waals surface area contributed by atoms with Gasteiger partial charge < -0.3 is 14.8 Å². The van der Waals surface area contributed by atoms with Crippen molar-refractivity contribution in [3.05, 3.63) is 17.7 Å². The average molecular weight is 244 g/mol. The lowest BCUT2D eigenvalue weighted by Gasteiger charge is -2.13. The Morgan fingerprint density at radius 3 is 2.38 bits per heavy atom. The van der Waals surface area contributed by atoms with E-state index in [4.69, 9.17) is 21.1 Å². The van der Waals surface area contributed by atoms with E-state index in [1.54, 1.807) is 14.2 Å². The largest absolute Gasteiger partial charge is 0.493 e. The highest BCUT2D eigenvalue weighted by Crippen LogP contribution is 2.32. The second-order valence-electron chi connectivity index (χ2n) is 3.49. The zero-order valence-corrected chi connectivity index (χ0v) is 10.7. The fourth-order valence-electron chi connectivity index (χ4n) is 1.46. The molecule has 0 saturated carbocycles. The molecule has 0 aliphatic carbocycles. The van der Waals surface area contributed by atoms with Crippen molar-refractivity contribution in [1.82, 2.24) is 0 Å². The van der Waals surface area contributed by atoms with Crippen LogP contribution in [0.4, 0.5) is 5.69 Å². The normalized spacial score (nSPS) is 10.0. The standard InChI is InChI=1S/C12H18ClNO2/c1-9-7-11(15-2)12(16-3)8-10(9)14-6-4-5-13/h7-8,14H,4-6H2,1-3H3. The Kier molecular flexibility index (Phi) is 5.26. The summed E-state index contributed by atoms with van der Waals surface area (Å²) < 4.78 is 10.5. The number of nitrogens with one attached hydrogen (secondary N) is 1. The highest BCUT2D eigenvalue weighted by Gasteiger charge is 2.07. The molecular weight excluding hydrogens is 226 g/mol. The maximum atomic E-state index is 5.63. The summed E-state index contributed by atoms with van der Waals surface area (Å²) in [6.45, 7) is 2.89. The van der Waals surface area contributed by atoms with Crippen LogP contribution in [0.5, 0.6) is 11.5 Å². The quantitative estimate of drug-likeness (QED) is 0.615. The van der Waals surface area contributed by atoms with Crippen LogP contribution in [-0.2, 0) is 0 Å². The van der Waals surface area contributed by atoms with Crippen LogP contribution in [0.25, 0.3) is 0 Å². The third-order valence-corrected chi connectivity index (χ3v) is 2.62. The lowest BCUT2D eigenvalue weighted by molar-refractivity contribution is 0.355. The molecular formula is C12H18ClNO2. The van der Waals surface area contributed by atoms with E-state index in [1.165, 1.54) is 0 Å². The number of hydrogen-bond acceptors (Lipinski definition) is 3. The number of anilines is 1. The van der Waals surface area contributed by atoms with E-state index in [0.717, 1.165) is 35.7 Å². The molecule has 0 amide bonds. The fourth-order valence-corrected chi connectivity index (χ4v) is 1.59. The third kappa shape index (κ3) is 3.20. The molecule has 1 aromatic rings. The smallest absolute Gasteiger partial charge is 0.162 e. The summed E-state index contributed by atoms with van der Waals surface area (Å²) in [7, 11) is 3.27. The van der Waals surface area contributed by atoms with Gasteiger partial charge in [0, 0.05) is 24.2 Å². The van der Waals surface area contributed by atoms with E-state index < -0.39 is 0 Å². The van der Waals surface area contributed by atoms with Gasteiger partial charge in [0.1, 0.15) is 0 Å². The highest BCUT2D eigenvalue weighted by atomic mass is 35.5. The van der Waals surface area contributed by atoms with Crippen LogP contribution in [0.3, 0.4) is 0 Å². The number of benzene rings is 1. The third-order valence-electron chi connectivity index (χ3n) is 2.36. The maximum Gasteiger partial charge on any atom is 0.162 e. The number of hydrogen-bond donors (Lipinski definition) is 1. The molecule has 1 rings (SSSR count). The van der Waals surface area contributed by atoms with Gasteiger partial charge in [-0.2, -0.15) is 0 Å². The Hall–Kier alpha value is -1.09. The molecule has 16 heavy (non-hydrogen) atoms. The zero-order chi connectivity index (χ0) is 12.0. The minimum Gasteiger partial charge on any atom is -0.493 e. The molecule has 0 aliphatic rings. The van der Waals surface area contributed by atoms with E-state index >= 15 is 0 Å².